The van der Waals surface area contributed by atoms with Gasteiger partial charge in [-0.1, -0.05) is 23.7 Å². The van der Waals surface area contributed by atoms with Gasteiger partial charge in [-0.2, -0.15) is 0 Å². The van der Waals surface area contributed by atoms with Crippen molar-refractivity contribution in [2.24, 2.45) is 0 Å². The molecule has 4 rings (SSSR count). The van der Waals surface area contributed by atoms with Crippen LogP contribution in [0.15, 0.2) is 30.6 Å². The van der Waals surface area contributed by atoms with Crippen LogP contribution in [0, 0.1) is 13.8 Å². The number of anilines is 1. The van der Waals surface area contributed by atoms with E-state index in [0.29, 0.717) is 24.5 Å². The Morgan fingerprint density at radius 1 is 1.11 bits per heavy atom. The molecule has 3 heterocycles. The Bertz CT molecular complexity index is 978. The summed E-state index contributed by atoms with van der Waals surface area (Å²) in [6.07, 6.45) is 2.06. The van der Waals surface area contributed by atoms with Crippen molar-refractivity contribution in [3.05, 3.63) is 51.6 Å². The number of amides is 1. The molecule has 2 aromatic heterocycles. The SMILES string of the molecule is Cc1sc2ncnc(N3CCN(C(=O)Cc4ccc(Cl)cc4)CC3)c2c1C. The largest absolute Gasteiger partial charge is 0.352 e. The third kappa shape index (κ3) is 3.64. The number of carbonyl (C=O) groups is 1. The summed E-state index contributed by atoms with van der Waals surface area (Å²) in [7, 11) is 0. The van der Waals surface area contributed by atoms with Gasteiger partial charge in [0.25, 0.3) is 0 Å². The maximum atomic E-state index is 12.6. The molecular weight excluding hydrogens is 380 g/mol. The van der Waals surface area contributed by atoms with Crippen molar-refractivity contribution in [2.45, 2.75) is 20.3 Å². The average Bonchev–Trinajstić information content (AvgIpc) is 2.98. The number of nitrogens with zero attached hydrogens (tertiary/aromatic N) is 4. The molecule has 0 radical (unpaired) electrons. The molecule has 3 aromatic rings. The van der Waals surface area contributed by atoms with E-state index in [9.17, 15) is 4.79 Å². The van der Waals surface area contributed by atoms with Gasteiger partial charge < -0.3 is 9.80 Å². The van der Waals surface area contributed by atoms with Gasteiger partial charge in [0.15, 0.2) is 0 Å². The average molecular weight is 401 g/mol. The van der Waals surface area contributed by atoms with Crippen molar-refractivity contribution >= 4 is 44.9 Å². The molecular formula is C20H21ClN4OS. The molecule has 0 spiro atoms. The number of thiophene rings is 1. The lowest BCUT2D eigenvalue weighted by molar-refractivity contribution is -0.130. The Labute approximate surface area is 167 Å². The first-order valence-corrected chi connectivity index (χ1v) is 10.2. The quantitative estimate of drug-likeness (QED) is 0.670. The van der Waals surface area contributed by atoms with Crippen LogP contribution >= 0.6 is 22.9 Å². The van der Waals surface area contributed by atoms with Gasteiger partial charge in [0, 0.05) is 36.1 Å². The molecule has 0 bridgehead atoms. The number of aryl methyl sites for hydroxylation is 2. The summed E-state index contributed by atoms with van der Waals surface area (Å²) in [4.78, 5) is 28.1. The Kier molecular flexibility index (Phi) is 5.02. The topological polar surface area (TPSA) is 49.3 Å². The lowest BCUT2D eigenvalue weighted by atomic mass is 10.1. The van der Waals surface area contributed by atoms with Crippen LogP contribution in [0.3, 0.4) is 0 Å². The number of hydrogen-bond donors (Lipinski definition) is 0. The second-order valence-electron chi connectivity index (χ2n) is 6.83. The molecule has 5 nitrogen and oxygen atoms in total. The summed E-state index contributed by atoms with van der Waals surface area (Å²) in [5, 5.41) is 1.84. The van der Waals surface area contributed by atoms with Crippen LogP contribution in [-0.4, -0.2) is 47.0 Å². The summed E-state index contributed by atoms with van der Waals surface area (Å²) in [6, 6.07) is 7.48. The van der Waals surface area contributed by atoms with Crippen LogP contribution in [0.2, 0.25) is 5.02 Å². The Morgan fingerprint density at radius 3 is 2.52 bits per heavy atom. The molecule has 1 aromatic carbocycles. The monoisotopic (exact) mass is 400 g/mol. The number of carbonyl (C=O) groups excluding carboxylic acids is 1. The second-order valence-corrected chi connectivity index (χ2v) is 8.47. The minimum Gasteiger partial charge on any atom is -0.352 e. The molecule has 140 valence electrons. The molecule has 1 amide bonds. The highest BCUT2D eigenvalue weighted by molar-refractivity contribution is 7.18. The number of halogens is 1. The minimum absolute atomic E-state index is 0.160. The van der Waals surface area contributed by atoms with Gasteiger partial charge in [-0.25, -0.2) is 9.97 Å². The maximum Gasteiger partial charge on any atom is 0.227 e. The molecule has 1 saturated heterocycles. The molecule has 7 heteroatoms. The van der Waals surface area contributed by atoms with Crippen molar-refractivity contribution in [2.75, 3.05) is 31.1 Å². The van der Waals surface area contributed by atoms with E-state index in [1.165, 1.54) is 10.4 Å². The Morgan fingerprint density at radius 2 is 1.81 bits per heavy atom. The van der Waals surface area contributed by atoms with Crippen LogP contribution in [-0.2, 0) is 11.2 Å². The van der Waals surface area contributed by atoms with Crippen molar-refractivity contribution in [3.63, 3.8) is 0 Å². The molecule has 0 unspecified atom stereocenters. The van der Waals surface area contributed by atoms with Gasteiger partial charge in [0.1, 0.15) is 17.0 Å². The van der Waals surface area contributed by atoms with Gasteiger partial charge in [-0.3, -0.25) is 4.79 Å². The number of fused-ring (bicyclic) bond motifs is 1. The van der Waals surface area contributed by atoms with E-state index in [1.807, 2.05) is 29.2 Å². The summed E-state index contributed by atoms with van der Waals surface area (Å²) in [5.74, 6) is 1.15. The molecule has 0 saturated carbocycles. The minimum atomic E-state index is 0.160. The summed E-state index contributed by atoms with van der Waals surface area (Å²) < 4.78 is 0. The van der Waals surface area contributed by atoms with Gasteiger partial charge in [0.2, 0.25) is 5.91 Å². The highest BCUT2D eigenvalue weighted by Gasteiger charge is 2.24. The number of hydrogen-bond acceptors (Lipinski definition) is 5. The predicted molar refractivity (Wildman–Crippen MR) is 111 cm³/mol. The van der Waals surface area contributed by atoms with Crippen molar-refractivity contribution < 1.29 is 4.79 Å². The fourth-order valence-electron chi connectivity index (χ4n) is 3.46. The van der Waals surface area contributed by atoms with E-state index in [0.717, 1.165) is 34.7 Å². The first kappa shape index (κ1) is 18.2. The van der Waals surface area contributed by atoms with Crippen LogP contribution in [0.25, 0.3) is 10.2 Å². The highest BCUT2D eigenvalue weighted by atomic mass is 35.5. The third-order valence-corrected chi connectivity index (χ3v) is 6.51. The molecule has 27 heavy (non-hydrogen) atoms. The van der Waals surface area contributed by atoms with Crippen LogP contribution in [0.5, 0.6) is 0 Å². The van der Waals surface area contributed by atoms with Gasteiger partial charge >= 0.3 is 0 Å². The number of piperazine rings is 1. The van der Waals surface area contributed by atoms with Crippen LogP contribution in [0.1, 0.15) is 16.0 Å². The molecule has 0 atom stereocenters. The van der Waals surface area contributed by atoms with Crippen LogP contribution < -0.4 is 4.90 Å². The van der Waals surface area contributed by atoms with E-state index in [4.69, 9.17) is 11.6 Å². The first-order valence-electron chi connectivity index (χ1n) is 9.01. The molecule has 1 aliphatic rings. The van der Waals surface area contributed by atoms with Gasteiger partial charge in [0.05, 0.1) is 11.8 Å². The molecule has 1 aliphatic heterocycles. The Balaban J connectivity index is 1.45. The van der Waals surface area contributed by atoms with E-state index >= 15 is 0 Å². The summed E-state index contributed by atoms with van der Waals surface area (Å²) in [5.41, 5.74) is 2.25. The fourth-order valence-corrected chi connectivity index (χ4v) is 4.58. The lowest BCUT2D eigenvalue weighted by Crippen LogP contribution is -2.49. The van der Waals surface area contributed by atoms with E-state index in [-0.39, 0.29) is 5.91 Å². The maximum absolute atomic E-state index is 12.6. The van der Waals surface area contributed by atoms with Crippen molar-refractivity contribution in [1.29, 1.82) is 0 Å². The highest BCUT2D eigenvalue weighted by Crippen LogP contribution is 2.34. The molecule has 1 fully saturated rings. The zero-order valence-electron chi connectivity index (χ0n) is 15.4. The zero-order valence-corrected chi connectivity index (χ0v) is 17.0. The smallest absolute Gasteiger partial charge is 0.227 e. The summed E-state index contributed by atoms with van der Waals surface area (Å²) in [6.45, 7) is 7.24. The van der Waals surface area contributed by atoms with Gasteiger partial charge in [-0.05, 0) is 37.1 Å². The van der Waals surface area contributed by atoms with E-state index < -0.39 is 0 Å². The standard InChI is InChI=1S/C20H21ClN4OS/c1-13-14(2)27-20-18(13)19(22-12-23-20)25-9-7-24(8-10-25)17(26)11-15-3-5-16(21)6-4-15/h3-6,12H,7-11H2,1-2H3. The summed E-state index contributed by atoms with van der Waals surface area (Å²) >= 11 is 7.63. The van der Waals surface area contributed by atoms with Crippen molar-refractivity contribution in [3.8, 4) is 0 Å². The van der Waals surface area contributed by atoms with Crippen molar-refractivity contribution in [1.82, 2.24) is 14.9 Å². The van der Waals surface area contributed by atoms with Gasteiger partial charge in [-0.15, -0.1) is 11.3 Å². The second kappa shape index (κ2) is 7.44. The normalized spacial score (nSPS) is 14.8. The number of rotatable bonds is 3. The van der Waals surface area contributed by atoms with E-state index in [1.54, 1.807) is 17.7 Å². The predicted octanol–water partition coefficient (Wildman–Crippen LogP) is 3.85. The molecule has 0 aliphatic carbocycles. The van der Waals surface area contributed by atoms with Crippen LogP contribution in [0.4, 0.5) is 5.82 Å². The zero-order chi connectivity index (χ0) is 19.0. The fraction of sp³-hybridized carbons (Fsp3) is 0.350. The number of benzene rings is 1. The third-order valence-electron chi connectivity index (χ3n) is 5.15. The Hall–Kier alpha value is -2.18. The lowest BCUT2D eigenvalue weighted by Gasteiger charge is -2.35. The first-order chi connectivity index (χ1) is 13.0. The van der Waals surface area contributed by atoms with E-state index in [2.05, 4.69) is 28.7 Å². The number of aromatic nitrogens is 2. The molecule has 0 N–H and O–H groups in total.